The van der Waals surface area contributed by atoms with E-state index in [-0.39, 0.29) is 16.6 Å². The molecule has 1 unspecified atom stereocenters. The van der Waals surface area contributed by atoms with Crippen LogP contribution in [0.1, 0.15) is 81.1 Å². The number of hydrogen-bond acceptors (Lipinski definition) is 4. The van der Waals surface area contributed by atoms with Gasteiger partial charge in [0.25, 0.3) is 8.32 Å². The molecule has 0 bridgehead atoms. The van der Waals surface area contributed by atoms with Crippen LogP contribution in [0.25, 0.3) is 0 Å². The quantitative estimate of drug-likeness (QED) is 0.296. The molecule has 6 nitrogen and oxygen atoms in total. The maximum atomic E-state index is 12.2. The van der Waals surface area contributed by atoms with Crippen molar-refractivity contribution in [3.63, 3.8) is 0 Å². The average Bonchev–Trinajstić information content (AvgIpc) is 2.56. The van der Waals surface area contributed by atoms with Gasteiger partial charge in [-0.2, -0.15) is 0 Å². The normalized spacial score (nSPS) is 13.7. The fourth-order valence-corrected chi connectivity index (χ4v) is 8.77. The molecule has 0 spiro atoms. The highest BCUT2D eigenvalue weighted by Crippen LogP contribution is 2.42. The van der Waals surface area contributed by atoms with E-state index in [1.807, 2.05) is 0 Å². The summed E-state index contributed by atoms with van der Waals surface area (Å²) in [5, 5.41) is 6.83. The topological polar surface area (TPSA) is 77.3 Å². The van der Waals surface area contributed by atoms with Crippen molar-refractivity contribution in [3.8, 4) is 0 Å². The third-order valence-corrected chi connectivity index (χ3v) is 11.1. The van der Waals surface area contributed by atoms with Crippen LogP contribution in [0.5, 0.6) is 0 Å². The van der Waals surface area contributed by atoms with Gasteiger partial charge in [0, 0.05) is 0 Å². The second-order valence-electron chi connectivity index (χ2n) is 7.88. The molecule has 0 rings (SSSR count). The second kappa shape index (κ2) is 12.2. The first-order chi connectivity index (χ1) is 12.1. The zero-order valence-electron chi connectivity index (χ0n) is 17.9. The van der Waals surface area contributed by atoms with E-state index in [1.165, 1.54) is 0 Å². The molecule has 1 atom stereocenters. The van der Waals surface area contributed by atoms with Crippen LogP contribution >= 0.6 is 0 Å². The van der Waals surface area contributed by atoms with Gasteiger partial charge in [0.15, 0.2) is 0 Å². The van der Waals surface area contributed by atoms with Gasteiger partial charge in [0.2, 0.25) is 0 Å². The van der Waals surface area contributed by atoms with Crippen LogP contribution in [-0.4, -0.2) is 27.1 Å². The Morgan fingerprint density at radius 1 is 0.885 bits per heavy atom. The SMILES string of the molecule is CCCCC(CC)COC(=O)/N=N/C(=O)O[Si](C(C)C)(C(C)C)C(C)C. The molecule has 0 aromatic heterocycles. The van der Waals surface area contributed by atoms with Crippen molar-refractivity contribution in [2.75, 3.05) is 6.61 Å². The first-order valence-corrected chi connectivity index (χ1v) is 12.1. The van der Waals surface area contributed by atoms with Gasteiger partial charge in [0.1, 0.15) is 0 Å². The van der Waals surface area contributed by atoms with Gasteiger partial charge in [-0.3, -0.25) is 0 Å². The molecular formula is C19H38N2O4Si. The van der Waals surface area contributed by atoms with Crippen LogP contribution in [0.4, 0.5) is 9.59 Å². The Labute approximate surface area is 160 Å². The maximum absolute atomic E-state index is 12.2. The summed E-state index contributed by atoms with van der Waals surface area (Å²) in [5.41, 5.74) is 0.743. The van der Waals surface area contributed by atoms with Crippen LogP contribution in [0, 0.1) is 5.92 Å². The summed E-state index contributed by atoms with van der Waals surface area (Å²) in [6.07, 6.45) is 2.56. The molecule has 7 heteroatoms. The van der Waals surface area contributed by atoms with Gasteiger partial charge in [0.05, 0.1) is 6.61 Å². The molecule has 0 N–H and O–H groups in total. The van der Waals surface area contributed by atoms with Crippen LogP contribution in [0.2, 0.25) is 16.6 Å². The van der Waals surface area contributed by atoms with Crippen LogP contribution < -0.4 is 0 Å². The zero-order chi connectivity index (χ0) is 20.3. The van der Waals surface area contributed by atoms with E-state index >= 15 is 0 Å². The largest absolute Gasteiger partial charge is 0.500 e. The lowest BCUT2D eigenvalue weighted by Crippen LogP contribution is -2.48. The molecule has 0 aliphatic rings. The molecule has 0 aromatic rings. The molecule has 0 aliphatic carbocycles. The number of carbonyl (C=O) groups excluding carboxylic acids is 2. The van der Waals surface area contributed by atoms with Gasteiger partial charge in [-0.1, -0.05) is 84.9 Å². The van der Waals surface area contributed by atoms with Crippen molar-refractivity contribution in [1.29, 1.82) is 0 Å². The fraction of sp³-hybridized carbons (Fsp3) is 0.895. The van der Waals surface area contributed by atoms with Crippen molar-refractivity contribution in [3.05, 3.63) is 0 Å². The summed E-state index contributed by atoms with van der Waals surface area (Å²) >= 11 is 0. The first-order valence-electron chi connectivity index (χ1n) is 9.93. The third kappa shape index (κ3) is 7.56. The summed E-state index contributed by atoms with van der Waals surface area (Å²) in [5.74, 6) is 0.323. The molecule has 0 fully saturated rings. The first kappa shape index (κ1) is 24.8. The molecule has 0 aliphatic heterocycles. The highest BCUT2D eigenvalue weighted by atomic mass is 28.4. The van der Waals surface area contributed by atoms with Crippen molar-refractivity contribution in [2.24, 2.45) is 16.1 Å². The Morgan fingerprint density at radius 2 is 1.38 bits per heavy atom. The van der Waals surface area contributed by atoms with Crippen LogP contribution in [0.3, 0.4) is 0 Å². The van der Waals surface area contributed by atoms with Gasteiger partial charge < -0.3 is 9.16 Å². The predicted molar refractivity (Wildman–Crippen MR) is 107 cm³/mol. The van der Waals surface area contributed by atoms with Crippen molar-refractivity contribution in [2.45, 2.75) is 97.7 Å². The smallest absolute Gasteiger partial charge is 0.452 e. The van der Waals surface area contributed by atoms with Crippen molar-refractivity contribution >= 4 is 20.5 Å². The highest BCUT2D eigenvalue weighted by molar-refractivity contribution is 6.78. The molecule has 0 radical (unpaired) electrons. The lowest BCUT2D eigenvalue weighted by atomic mass is 10.0. The molecule has 0 heterocycles. The Morgan fingerprint density at radius 3 is 1.81 bits per heavy atom. The standard InChI is InChI=1S/C19H38N2O4Si/c1-9-11-12-17(10-2)13-24-18(22)20-21-19(23)25-26(14(3)4,15(5)6)16(7)8/h14-17H,9-13H2,1-8H3/b21-20+. The average molecular weight is 387 g/mol. The van der Waals surface area contributed by atoms with E-state index in [1.54, 1.807) is 0 Å². The number of unbranched alkanes of at least 4 members (excludes halogenated alkanes) is 1. The van der Waals surface area contributed by atoms with Gasteiger partial charge >= 0.3 is 12.2 Å². The van der Waals surface area contributed by atoms with Gasteiger partial charge in [-0.15, -0.1) is 0 Å². The number of nitrogens with zero attached hydrogens (tertiary/aromatic N) is 2. The number of carbonyl (C=O) groups is 2. The van der Waals surface area contributed by atoms with Crippen molar-refractivity contribution in [1.82, 2.24) is 0 Å². The minimum Gasteiger partial charge on any atom is -0.500 e. The second-order valence-corrected chi connectivity index (χ2v) is 13.3. The third-order valence-electron chi connectivity index (χ3n) is 5.17. The molecule has 2 amide bonds. The minimum atomic E-state index is -2.38. The molecule has 0 saturated carbocycles. The number of rotatable bonds is 10. The lowest BCUT2D eigenvalue weighted by Gasteiger charge is -2.40. The van der Waals surface area contributed by atoms with Crippen LogP contribution in [0.15, 0.2) is 10.2 Å². The Bertz CT molecular complexity index is 443. The summed E-state index contributed by atoms with van der Waals surface area (Å²) in [4.78, 5) is 23.9. The summed E-state index contributed by atoms with van der Waals surface area (Å²) in [6.45, 7) is 17.0. The molecule has 0 aromatic carbocycles. The van der Waals surface area contributed by atoms with E-state index in [9.17, 15) is 9.59 Å². The Balaban J connectivity index is 4.76. The number of azo groups is 1. The fourth-order valence-electron chi connectivity index (χ4n) is 3.72. The number of ether oxygens (including phenoxy) is 1. The number of amides is 2. The Hall–Kier alpha value is -1.24. The van der Waals surface area contributed by atoms with E-state index in [2.05, 4.69) is 65.6 Å². The molecule has 26 heavy (non-hydrogen) atoms. The minimum absolute atomic E-state index is 0.248. The molecular weight excluding hydrogens is 348 g/mol. The van der Waals surface area contributed by atoms with Crippen molar-refractivity contribution < 1.29 is 18.8 Å². The van der Waals surface area contributed by atoms with Crippen LogP contribution in [-0.2, 0) is 9.16 Å². The molecule has 152 valence electrons. The summed E-state index contributed by atoms with van der Waals surface area (Å²) in [7, 11) is -2.38. The number of hydrogen-bond donors (Lipinski definition) is 0. The van der Waals surface area contributed by atoms with E-state index in [0.29, 0.717) is 12.5 Å². The molecule has 0 saturated heterocycles. The van der Waals surface area contributed by atoms with E-state index in [0.717, 1.165) is 25.7 Å². The zero-order valence-corrected chi connectivity index (χ0v) is 18.9. The Kier molecular flexibility index (Phi) is 11.6. The summed E-state index contributed by atoms with van der Waals surface area (Å²) in [6, 6.07) is 0. The van der Waals surface area contributed by atoms with Gasteiger partial charge in [-0.25, -0.2) is 9.59 Å². The monoisotopic (exact) mass is 386 g/mol. The lowest BCUT2D eigenvalue weighted by molar-refractivity contribution is 0.130. The van der Waals surface area contributed by atoms with E-state index in [4.69, 9.17) is 9.16 Å². The summed E-state index contributed by atoms with van der Waals surface area (Å²) < 4.78 is 10.9. The van der Waals surface area contributed by atoms with E-state index < -0.39 is 20.5 Å². The highest BCUT2D eigenvalue weighted by Gasteiger charge is 2.48. The predicted octanol–water partition coefficient (Wildman–Crippen LogP) is 7.10. The maximum Gasteiger partial charge on any atom is 0.452 e. The van der Waals surface area contributed by atoms with Gasteiger partial charge in [-0.05, 0) is 29.0 Å².